The van der Waals surface area contributed by atoms with Crippen LogP contribution in [-0.4, -0.2) is 34.9 Å². The Morgan fingerprint density at radius 1 is 0.410 bits per heavy atom. The first-order valence-corrected chi connectivity index (χ1v) is 25.6. The Morgan fingerprint density at radius 2 is 0.738 bits per heavy atom. The minimum atomic E-state index is -0.864. The van der Waals surface area contributed by atoms with Gasteiger partial charge in [-0.3, -0.25) is 4.79 Å². The van der Waals surface area contributed by atoms with Crippen LogP contribution in [-0.2, 0) is 4.79 Å². The Hall–Kier alpha value is -2.95. The van der Waals surface area contributed by atoms with E-state index in [4.69, 9.17) is 0 Å². The molecule has 0 rings (SSSR count). The molecular weight excluding hydrogens is 747 g/mol. The van der Waals surface area contributed by atoms with E-state index in [0.717, 1.165) is 77.0 Å². The predicted octanol–water partition coefficient (Wildman–Crippen LogP) is 16.7. The second-order valence-corrected chi connectivity index (χ2v) is 16.8. The molecule has 4 heteroatoms. The number of rotatable bonds is 45. The summed E-state index contributed by atoms with van der Waals surface area (Å²) in [5.41, 5.74) is 0. The van der Waals surface area contributed by atoms with Gasteiger partial charge in [-0.2, -0.15) is 0 Å². The minimum Gasteiger partial charge on any atom is -0.394 e. The molecule has 0 heterocycles. The third-order valence-electron chi connectivity index (χ3n) is 11.0. The van der Waals surface area contributed by atoms with Crippen molar-refractivity contribution in [3.05, 3.63) is 109 Å². The van der Waals surface area contributed by atoms with Gasteiger partial charge in [-0.1, -0.05) is 239 Å². The second kappa shape index (κ2) is 51.4. The summed E-state index contributed by atoms with van der Waals surface area (Å²) in [6.07, 6.45) is 78.1. The number of nitrogens with one attached hydrogen (secondary N) is 1. The SMILES string of the molecule is CC/C=C\C/C=C\C/C=C\C/C=C\C/C=C\C/C=C\C/C=C\CCCCCCCCCCCCCCCCCCCC(=O)NC(CO)C(O)/C=C/CC/C=C/CCCCCC. The molecular formula is C57H97NO3. The van der Waals surface area contributed by atoms with Gasteiger partial charge in [0.15, 0.2) is 0 Å². The summed E-state index contributed by atoms with van der Waals surface area (Å²) in [6, 6.07) is -0.641. The van der Waals surface area contributed by atoms with Gasteiger partial charge in [0, 0.05) is 6.42 Å². The number of carbonyl (C=O) groups is 1. The average Bonchev–Trinajstić information content (AvgIpc) is 3.26. The molecule has 0 aliphatic heterocycles. The summed E-state index contributed by atoms with van der Waals surface area (Å²) < 4.78 is 0. The van der Waals surface area contributed by atoms with Gasteiger partial charge in [0.05, 0.1) is 18.8 Å². The number of allylic oxidation sites excluding steroid dienone is 17. The van der Waals surface area contributed by atoms with Crippen molar-refractivity contribution in [1.29, 1.82) is 0 Å². The van der Waals surface area contributed by atoms with E-state index in [2.05, 4.69) is 116 Å². The van der Waals surface area contributed by atoms with Crippen LogP contribution in [0.25, 0.3) is 0 Å². The zero-order valence-electron chi connectivity index (χ0n) is 39.9. The fraction of sp³-hybridized carbons (Fsp3) is 0.667. The van der Waals surface area contributed by atoms with Crippen molar-refractivity contribution in [2.24, 2.45) is 0 Å². The Balaban J connectivity index is 3.50. The summed E-state index contributed by atoms with van der Waals surface area (Å²) in [7, 11) is 0. The van der Waals surface area contributed by atoms with E-state index in [9.17, 15) is 15.0 Å². The summed E-state index contributed by atoms with van der Waals surface area (Å²) in [4.78, 5) is 12.4. The van der Waals surface area contributed by atoms with Crippen molar-refractivity contribution in [1.82, 2.24) is 5.32 Å². The lowest BCUT2D eigenvalue weighted by Crippen LogP contribution is -2.45. The molecule has 0 radical (unpaired) electrons. The van der Waals surface area contributed by atoms with Gasteiger partial charge in [0.25, 0.3) is 0 Å². The number of hydrogen-bond donors (Lipinski definition) is 3. The minimum absolute atomic E-state index is 0.0788. The molecule has 61 heavy (non-hydrogen) atoms. The first kappa shape index (κ1) is 58.0. The summed E-state index contributed by atoms with van der Waals surface area (Å²) >= 11 is 0. The highest BCUT2D eigenvalue weighted by Crippen LogP contribution is 2.15. The average molecular weight is 844 g/mol. The smallest absolute Gasteiger partial charge is 0.220 e. The molecule has 2 unspecified atom stereocenters. The van der Waals surface area contributed by atoms with Crippen molar-refractivity contribution in [2.75, 3.05) is 6.61 Å². The van der Waals surface area contributed by atoms with Gasteiger partial charge in [-0.05, 0) is 89.9 Å². The van der Waals surface area contributed by atoms with E-state index in [1.807, 2.05) is 6.08 Å². The third kappa shape index (κ3) is 47.9. The maximum atomic E-state index is 12.4. The van der Waals surface area contributed by atoms with Crippen LogP contribution in [0.15, 0.2) is 109 Å². The van der Waals surface area contributed by atoms with E-state index in [-0.39, 0.29) is 12.5 Å². The summed E-state index contributed by atoms with van der Waals surface area (Å²) in [5.74, 6) is -0.0788. The Bertz CT molecular complexity index is 1180. The third-order valence-corrected chi connectivity index (χ3v) is 11.0. The fourth-order valence-corrected chi connectivity index (χ4v) is 7.11. The van der Waals surface area contributed by atoms with Crippen molar-refractivity contribution in [3.8, 4) is 0 Å². The van der Waals surface area contributed by atoms with Crippen LogP contribution in [0.2, 0.25) is 0 Å². The molecule has 0 saturated carbocycles. The lowest BCUT2D eigenvalue weighted by molar-refractivity contribution is -0.123. The number of unbranched alkanes of at least 4 members (excludes halogenated alkanes) is 22. The highest BCUT2D eigenvalue weighted by atomic mass is 16.3. The van der Waals surface area contributed by atoms with Gasteiger partial charge in [-0.15, -0.1) is 0 Å². The Morgan fingerprint density at radius 3 is 1.15 bits per heavy atom. The molecule has 348 valence electrons. The fourth-order valence-electron chi connectivity index (χ4n) is 7.11. The van der Waals surface area contributed by atoms with Crippen molar-refractivity contribution in [2.45, 2.75) is 238 Å². The van der Waals surface area contributed by atoms with Crippen LogP contribution >= 0.6 is 0 Å². The summed E-state index contributed by atoms with van der Waals surface area (Å²) in [6.45, 7) is 4.14. The van der Waals surface area contributed by atoms with Crippen LogP contribution in [0.4, 0.5) is 0 Å². The normalized spacial score (nSPS) is 13.8. The molecule has 3 N–H and O–H groups in total. The van der Waals surface area contributed by atoms with E-state index in [0.29, 0.717) is 6.42 Å². The van der Waals surface area contributed by atoms with Gasteiger partial charge in [0.2, 0.25) is 5.91 Å². The number of amides is 1. The molecule has 0 bridgehead atoms. The molecule has 2 atom stereocenters. The lowest BCUT2D eigenvalue weighted by atomic mass is 10.0. The monoisotopic (exact) mass is 844 g/mol. The van der Waals surface area contributed by atoms with Crippen LogP contribution in [0, 0.1) is 0 Å². The van der Waals surface area contributed by atoms with E-state index < -0.39 is 12.1 Å². The van der Waals surface area contributed by atoms with Gasteiger partial charge in [0.1, 0.15) is 0 Å². The van der Waals surface area contributed by atoms with E-state index >= 15 is 0 Å². The quantitative estimate of drug-likeness (QED) is 0.0422. The van der Waals surface area contributed by atoms with Crippen molar-refractivity contribution >= 4 is 5.91 Å². The topological polar surface area (TPSA) is 69.6 Å². The van der Waals surface area contributed by atoms with Crippen LogP contribution < -0.4 is 5.32 Å². The van der Waals surface area contributed by atoms with E-state index in [1.165, 1.54) is 128 Å². The summed E-state index contributed by atoms with van der Waals surface area (Å²) in [5, 5.41) is 22.9. The largest absolute Gasteiger partial charge is 0.394 e. The van der Waals surface area contributed by atoms with Crippen LogP contribution in [0.1, 0.15) is 226 Å². The molecule has 0 spiro atoms. The molecule has 0 saturated heterocycles. The maximum Gasteiger partial charge on any atom is 0.220 e. The van der Waals surface area contributed by atoms with E-state index in [1.54, 1.807) is 6.08 Å². The van der Waals surface area contributed by atoms with Crippen LogP contribution in [0.3, 0.4) is 0 Å². The first-order chi connectivity index (χ1) is 30.2. The molecule has 0 aromatic rings. The zero-order chi connectivity index (χ0) is 44.2. The first-order valence-electron chi connectivity index (χ1n) is 25.6. The predicted molar refractivity (Wildman–Crippen MR) is 271 cm³/mol. The van der Waals surface area contributed by atoms with Crippen molar-refractivity contribution in [3.63, 3.8) is 0 Å². The number of carbonyl (C=O) groups excluding carboxylic acids is 1. The number of aliphatic hydroxyl groups is 2. The van der Waals surface area contributed by atoms with Gasteiger partial charge < -0.3 is 15.5 Å². The highest BCUT2D eigenvalue weighted by Gasteiger charge is 2.17. The highest BCUT2D eigenvalue weighted by molar-refractivity contribution is 5.76. The molecule has 0 fully saturated rings. The lowest BCUT2D eigenvalue weighted by Gasteiger charge is -2.19. The molecule has 1 amide bonds. The Labute approximate surface area is 378 Å². The molecule has 0 aromatic carbocycles. The molecule has 0 aliphatic carbocycles. The number of hydrogen-bond acceptors (Lipinski definition) is 3. The molecule has 4 nitrogen and oxygen atoms in total. The molecule has 0 aromatic heterocycles. The molecule has 0 aliphatic rings. The maximum absolute atomic E-state index is 12.4. The van der Waals surface area contributed by atoms with Crippen molar-refractivity contribution < 1.29 is 15.0 Å². The second-order valence-electron chi connectivity index (χ2n) is 16.8. The van der Waals surface area contributed by atoms with Gasteiger partial charge >= 0.3 is 0 Å². The van der Waals surface area contributed by atoms with Crippen LogP contribution in [0.5, 0.6) is 0 Å². The standard InChI is InChI=1S/C57H97NO3/c1-3-5-7-9-11-13-15-16-17-18-19-20-21-22-23-24-25-26-27-28-29-30-31-32-33-34-35-36-37-38-39-40-41-42-43-45-47-49-51-53-57(61)58-55(54-59)56(60)52-50-48-46-44-14-12-10-8-6-4-2/h5,7,11,13-14,16-17,19-20,22-23,25-26,28-29,44,50,52,55-56,59-60H,3-4,6,8-10,12,15,18,21,24,27,30-43,45-49,51,53-54H2,1-2H3,(H,58,61)/b7-5-,13-11-,17-16-,20-19-,23-22-,26-25-,29-28-,44-14+,52-50+. The zero-order valence-corrected chi connectivity index (χ0v) is 39.9. The Kier molecular flexibility index (Phi) is 48.9. The number of aliphatic hydroxyl groups excluding tert-OH is 2. The van der Waals surface area contributed by atoms with Gasteiger partial charge in [-0.25, -0.2) is 0 Å².